The van der Waals surface area contributed by atoms with Gasteiger partial charge in [-0.15, -0.1) is 0 Å². The number of ether oxygens (including phenoxy) is 1. The van der Waals surface area contributed by atoms with E-state index in [4.69, 9.17) is 10.5 Å². The van der Waals surface area contributed by atoms with Gasteiger partial charge in [0.2, 0.25) is 6.10 Å². The van der Waals surface area contributed by atoms with E-state index in [1.807, 2.05) is 0 Å². The summed E-state index contributed by atoms with van der Waals surface area (Å²) in [6.45, 7) is 0. The van der Waals surface area contributed by atoms with E-state index in [1.165, 1.54) is 24.3 Å². The van der Waals surface area contributed by atoms with Gasteiger partial charge < -0.3 is 10.5 Å². The monoisotopic (exact) mass is 347 g/mol. The lowest BCUT2D eigenvalue weighted by Gasteiger charge is -2.15. The summed E-state index contributed by atoms with van der Waals surface area (Å²) in [4.78, 5) is 23.7. The van der Waals surface area contributed by atoms with Gasteiger partial charge in [0.1, 0.15) is 0 Å². The van der Waals surface area contributed by atoms with Crippen LogP contribution in [0.4, 0.5) is 0 Å². The highest BCUT2D eigenvalue weighted by molar-refractivity contribution is 7.89. The zero-order chi connectivity index (χ0) is 17.7. The van der Waals surface area contributed by atoms with Gasteiger partial charge in [-0.1, -0.05) is 42.5 Å². The highest BCUT2D eigenvalue weighted by Crippen LogP contribution is 2.19. The minimum atomic E-state index is -3.15. The molecule has 0 saturated heterocycles. The number of primary amides is 1. The zero-order valence-electron chi connectivity index (χ0n) is 13.0. The van der Waals surface area contributed by atoms with Crippen LogP contribution in [-0.2, 0) is 25.1 Å². The molecule has 24 heavy (non-hydrogen) atoms. The van der Waals surface area contributed by atoms with E-state index < -0.39 is 27.8 Å². The van der Waals surface area contributed by atoms with Crippen LogP contribution in [0, 0.1) is 0 Å². The molecule has 6 nitrogen and oxygen atoms in total. The normalized spacial score (nSPS) is 12.4. The second-order valence-corrected chi connectivity index (χ2v) is 7.51. The van der Waals surface area contributed by atoms with E-state index in [0.717, 1.165) is 6.26 Å². The van der Waals surface area contributed by atoms with Crippen molar-refractivity contribution in [1.82, 2.24) is 0 Å². The Kier molecular flexibility index (Phi) is 5.35. The third kappa shape index (κ3) is 4.92. The van der Waals surface area contributed by atoms with Gasteiger partial charge in [-0.05, 0) is 17.7 Å². The van der Waals surface area contributed by atoms with Crippen molar-refractivity contribution < 1.29 is 22.7 Å². The maximum atomic E-state index is 12.2. The number of carbonyl (C=O) groups excluding carboxylic acids is 2. The van der Waals surface area contributed by atoms with Crippen molar-refractivity contribution in [2.75, 3.05) is 6.26 Å². The minimum absolute atomic E-state index is 0.115. The number of sulfone groups is 1. The van der Waals surface area contributed by atoms with Crippen molar-refractivity contribution in [1.29, 1.82) is 0 Å². The Balaban J connectivity index is 2.14. The molecule has 0 aromatic heterocycles. The molecule has 0 aliphatic rings. The number of nitrogens with two attached hydrogens (primary N) is 1. The molecule has 0 heterocycles. The van der Waals surface area contributed by atoms with Crippen LogP contribution in [0.25, 0.3) is 0 Å². The SMILES string of the molecule is CS(=O)(=O)Cc1ccc(C(=O)O[C@@H](C(N)=O)c2ccccc2)cc1. The predicted molar refractivity (Wildman–Crippen MR) is 88.8 cm³/mol. The standard InChI is InChI=1S/C17H17NO5S/c1-24(21,22)11-12-7-9-14(10-8-12)17(20)23-15(16(18)19)13-5-3-2-4-6-13/h2-10,15H,11H2,1H3,(H2,18,19)/t15-/m1/s1. The van der Waals surface area contributed by atoms with Gasteiger partial charge in [0, 0.05) is 11.8 Å². The fourth-order valence-corrected chi connectivity index (χ4v) is 2.93. The molecule has 2 N–H and O–H groups in total. The molecule has 2 rings (SSSR count). The topological polar surface area (TPSA) is 104 Å². The average Bonchev–Trinajstić information content (AvgIpc) is 2.52. The van der Waals surface area contributed by atoms with Crippen molar-refractivity contribution in [2.24, 2.45) is 5.73 Å². The zero-order valence-corrected chi connectivity index (χ0v) is 13.8. The number of hydrogen-bond acceptors (Lipinski definition) is 5. The molecule has 0 saturated carbocycles. The van der Waals surface area contributed by atoms with E-state index in [0.29, 0.717) is 11.1 Å². The molecule has 0 unspecified atom stereocenters. The second-order valence-electron chi connectivity index (χ2n) is 5.37. The number of benzene rings is 2. The summed E-state index contributed by atoms with van der Waals surface area (Å²) in [5.41, 5.74) is 6.55. The first kappa shape index (κ1) is 17.7. The van der Waals surface area contributed by atoms with Gasteiger partial charge in [0.25, 0.3) is 5.91 Å². The molecule has 2 aromatic rings. The highest BCUT2D eigenvalue weighted by Gasteiger charge is 2.23. The smallest absolute Gasteiger partial charge is 0.339 e. The molecule has 0 radical (unpaired) electrons. The highest BCUT2D eigenvalue weighted by atomic mass is 32.2. The molecule has 126 valence electrons. The summed E-state index contributed by atoms with van der Waals surface area (Å²) >= 11 is 0. The molecule has 0 aliphatic heterocycles. The van der Waals surface area contributed by atoms with Crippen molar-refractivity contribution in [3.8, 4) is 0 Å². The molecule has 2 aromatic carbocycles. The molecule has 0 bridgehead atoms. The first-order valence-corrected chi connectivity index (χ1v) is 9.14. The van der Waals surface area contributed by atoms with Crippen LogP contribution in [0.1, 0.15) is 27.6 Å². The van der Waals surface area contributed by atoms with Crippen LogP contribution < -0.4 is 5.73 Å². The van der Waals surface area contributed by atoms with Crippen LogP contribution in [0.2, 0.25) is 0 Å². The van der Waals surface area contributed by atoms with E-state index in [-0.39, 0.29) is 11.3 Å². The summed E-state index contributed by atoms with van der Waals surface area (Å²) in [7, 11) is -3.15. The fourth-order valence-electron chi connectivity index (χ4n) is 2.13. The van der Waals surface area contributed by atoms with Crippen molar-refractivity contribution in [2.45, 2.75) is 11.9 Å². The molecule has 7 heteroatoms. The number of carbonyl (C=O) groups is 2. The number of rotatable bonds is 6. The maximum absolute atomic E-state index is 12.2. The van der Waals surface area contributed by atoms with E-state index >= 15 is 0 Å². The lowest BCUT2D eigenvalue weighted by Crippen LogP contribution is -2.26. The van der Waals surface area contributed by atoms with Crippen LogP contribution >= 0.6 is 0 Å². The Morgan fingerprint density at radius 1 is 1.04 bits per heavy atom. The van der Waals surface area contributed by atoms with Gasteiger partial charge in [-0.2, -0.15) is 0 Å². The summed E-state index contributed by atoms with van der Waals surface area (Å²) in [6.07, 6.45) is -0.0543. The van der Waals surface area contributed by atoms with Crippen molar-refractivity contribution in [3.05, 3.63) is 71.3 Å². The van der Waals surface area contributed by atoms with Gasteiger partial charge in [0.15, 0.2) is 9.84 Å². The second kappa shape index (κ2) is 7.27. The average molecular weight is 347 g/mol. The predicted octanol–water partition coefficient (Wildman–Crippen LogP) is 1.61. The maximum Gasteiger partial charge on any atom is 0.339 e. The van der Waals surface area contributed by atoms with Crippen LogP contribution in [0.3, 0.4) is 0 Å². The van der Waals surface area contributed by atoms with Gasteiger partial charge >= 0.3 is 5.97 Å². The fraction of sp³-hybridized carbons (Fsp3) is 0.176. The molecular formula is C17H17NO5S. The lowest BCUT2D eigenvalue weighted by molar-refractivity contribution is -0.127. The molecule has 0 aliphatic carbocycles. The third-order valence-corrected chi connectivity index (χ3v) is 4.06. The van der Waals surface area contributed by atoms with Gasteiger partial charge in [-0.3, -0.25) is 4.79 Å². The summed E-state index contributed by atoms with van der Waals surface area (Å²) < 4.78 is 27.7. The molecule has 0 fully saturated rings. The molecule has 1 atom stereocenters. The van der Waals surface area contributed by atoms with Gasteiger partial charge in [0.05, 0.1) is 11.3 Å². The Bertz CT molecular complexity index is 829. The largest absolute Gasteiger partial charge is 0.444 e. The summed E-state index contributed by atoms with van der Waals surface area (Å²) in [5, 5.41) is 0. The Labute approximate surface area is 140 Å². The van der Waals surface area contributed by atoms with E-state index in [9.17, 15) is 18.0 Å². The first-order chi connectivity index (χ1) is 11.3. The van der Waals surface area contributed by atoms with Crippen LogP contribution in [-0.4, -0.2) is 26.6 Å². The quantitative estimate of drug-likeness (QED) is 0.800. The third-order valence-electron chi connectivity index (χ3n) is 3.20. The van der Waals surface area contributed by atoms with E-state index in [1.54, 1.807) is 30.3 Å². The van der Waals surface area contributed by atoms with E-state index in [2.05, 4.69) is 0 Å². The molecular weight excluding hydrogens is 330 g/mol. The number of amides is 1. The van der Waals surface area contributed by atoms with Crippen LogP contribution in [0.5, 0.6) is 0 Å². The van der Waals surface area contributed by atoms with Crippen molar-refractivity contribution >= 4 is 21.7 Å². The summed E-state index contributed by atoms with van der Waals surface area (Å²) in [5.74, 6) is -1.60. The Morgan fingerprint density at radius 3 is 2.12 bits per heavy atom. The summed E-state index contributed by atoms with van der Waals surface area (Å²) in [6, 6.07) is 14.4. The van der Waals surface area contributed by atoms with Crippen molar-refractivity contribution in [3.63, 3.8) is 0 Å². The van der Waals surface area contributed by atoms with Gasteiger partial charge in [-0.25, -0.2) is 13.2 Å². The Morgan fingerprint density at radius 2 is 1.62 bits per heavy atom. The van der Waals surface area contributed by atoms with Crippen LogP contribution in [0.15, 0.2) is 54.6 Å². The molecule has 1 amide bonds. The number of esters is 1. The molecule has 0 spiro atoms. The lowest BCUT2D eigenvalue weighted by atomic mass is 10.1. The first-order valence-electron chi connectivity index (χ1n) is 7.08. The number of hydrogen-bond donors (Lipinski definition) is 1. The Hall–Kier alpha value is -2.67. The minimum Gasteiger partial charge on any atom is -0.444 e.